The molecule has 0 unspecified atom stereocenters. The van der Waals surface area contributed by atoms with Crippen LogP contribution >= 0.6 is 0 Å². The average molecular weight is 503 g/mol. The molecule has 3 aromatic carbocycles. The zero-order valence-electron chi connectivity index (χ0n) is 21.3. The van der Waals surface area contributed by atoms with Crippen LogP contribution in [0.25, 0.3) is 22.3 Å². The van der Waals surface area contributed by atoms with Crippen LogP contribution in [0.1, 0.15) is 59.0 Å². The van der Waals surface area contributed by atoms with Crippen molar-refractivity contribution in [2.45, 2.75) is 33.6 Å². The molecule has 1 heterocycles. The largest absolute Gasteiger partial charge is 0.494 e. The van der Waals surface area contributed by atoms with E-state index in [1.807, 2.05) is 45.0 Å². The molecule has 0 aliphatic carbocycles. The van der Waals surface area contributed by atoms with E-state index < -0.39 is 5.91 Å². The molecule has 0 aliphatic heterocycles. The monoisotopic (exact) mass is 502 g/mol. The first-order valence-corrected chi connectivity index (χ1v) is 12.4. The molecule has 4 aromatic rings. The highest BCUT2D eigenvalue weighted by molar-refractivity contribution is 6.10. The van der Waals surface area contributed by atoms with Crippen molar-refractivity contribution in [2.24, 2.45) is 11.7 Å². The van der Waals surface area contributed by atoms with Gasteiger partial charge in [-0.1, -0.05) is 26.8 Å². The summed E-state index contributed by atoms with van der Waals surface area (Å²) in [5, 5.41) is 3.54. The van der Waals surface area contributed by atoms with Crippen LogP contribution in [-0.2, 0) is 6.42 Å². The quantitative estimate of drug-likeness (QED) is 0.274. The average Bonchev–Trinajstić information content (AvgIpc) is 3.25. The van der Waals surface area contributed by atoms with Gasteiger partial charge in [0.05, 0.1) is 12.2 Å². The number of amides is 2. The number of primary amides is 1. The summed E-state index contributed by atoms with van der Waals surface area (Å²) in [7, 11) is 0. The number of hydrogen-bond donors (Lipinski definition) is 2. The second-order valence-corrected chi connectivity index (χ2v) is 9.50. The first-order chi connectivity index (χ1) is 17.7. The molecule has 0 fully saturated rings. The van der Waals surface area contributed by atoms with Gasteiger partial charge < -0.3 is 20.2 Å². The lowest BCUT2D eigenvalue weighted by Gasteiger charge is -2.12. The highest BCUT2D eigenvalue weighted by Crippen LogP contribution is 2.34. The lowest BCUT2D eigenvalue weighted by molar-refractivity contribution is 0.0947. The van der Waals surface area contributed by atoms with Gasteiger partial charge in [0.15, 0.2) is 0 Å². The van der Waals surface area contributed by atoms with Gasteiger partial charge in [-0.25, -0.2) is 4.39 Å². The van der Waals surface area contributed by atoms with Crippen molar-refractivity contribution in [3.63, 3.8) is 0 Å². The third kappa shape index (κ3) is 6.17. The van der Waals surface area contributed by atoms with Gasteiger partial charge in [0.2, 0.25) is 0 Å². The maximum atomic E-state index is 13.4. The predicted octanol–water partition coefficient (Wildman–Crippen LogP) is 6.10. The fraction of sp³-hybridized carbons (Fsp3) is 0.267. The Morgan fingerprint density at radius 3 is 2.46 bits per heavy atom. The van der Waals surface area contributed by atoms with Crippen molar-refractivity contribution in [2.75, 3.05) is 13.2 Å². The summed E-state index contributed by atoms with van der Waals surface area (Å²) >= 11 is 0. The van der Waals surface area contributed by atoms with Gasteiger partial charge in [-0.2, -0.15) is 0 Å². The Morgan fingerprint density at radius 1 is 1.03 bits per heavy atom. The third-order valence-electron chi connectivity index (χ3n) is 5.89. The van der Waals surface area contributed by atoms with Crippen LogP contribution in [-0.4, -0.2) is 25.0 Å². The van der Waals surface area contributed by atoms with Crippen molar-refractivity contribution in [3.05, 3.63) is 88.7 Å². The van der Waals surface area contributed by atoms with Gasteiger partial charge in [0.1, 0.15) is 22.9 Å². The number of ether oxygens (including phenoxy) is 1. The van der Waals surface area contributed by atoms with Gasteiger partial charge in [-0.3, -0.25) is 9.59 Å². The smallest absolute Gasteiger partial charge is 0.253 e. The second-order valence-electron chi connectivity index (χ2n) is 9.50. The summed E-state index contributed by atoms with van der Waals surface area (Å²) in [5.74, 6) is 0.110. The Hall–Kier alpha value is -4.13. The molecule has 0 atom stereocenters. The van der Waals surface area contributed by atoms with E-state index >= 15 is 0 Å². The molecule has 1 aromatic heterocycles. The Balaban J connectivity index is 1.70. The van der Waals surface area contributed by atoms with Crippen molar-refractivity contribution >= 4 is 22.8 Å². The van der Waals surface area contributed by atoms with E-state index in [2.05, 4.69) is 5.32 Å². The summed E-state index contributed by atoms with van der Waals surface area (Å²) in [4.78, 5) is 25.2. The van der Waals surface area contributed by atoms with E-state index in [0.29, 0.717) is 59.1 Å². The van der Waals surface area contributed by atoms with Crippen LogP contribution in [0.15, 0.2) is 65.1 Å². The minimum Gasteiger partial charge on any atom is -0.494 e. The summed E-state index contributed by atoms with van der Waals surface area (Å²) in [5.41, 5.74) is 9.38. The van der Waals surface area contributed by atoms with Crippen LogP contribution < -0.4 is 15.8 Å². The van der Waals surface area contributed by atoms with Crippen molar-refractivity contribution in [1.29, 1.82) is 0 Å². The number of benzene rings is 3. The molecule has 4 rings (SSSR count). The fourth-order valence-corrected chi connectivity index (χ4v) is 4.14. The normalized spacial score (nSPS) is 11.2. The maximum absolute atomic E-state index is 13.4. The molecule has 2 amide bonds. The number of rotatable bonds is 10. The first kappa shape index (κ1) is 25.9. The number of furan rings is 1. The Kier molecular flexibility index (Phi) is 7.92. The molecule has 3 N–H and O–H groups in total. The van der Waals surface area contributed by atoms with Gasteiger partial charge in [0, 0.05) is 23.1 Å². The second kappa shape index (κ2) is 11.3. The van der Waals surface area contributed by atoms with E-state index in [4.69, 9.17) is 14.9 Å². The van der Waals surface area contributed by atoms with Crippen LogP contribution in [0.2, 0.25) is 0 Å². The SMILES string of the molecule is CCCOc1cc(Cc2ccc3oc(-c4ccc(F)cc4)c(C(N)=O)c3c2)cc(C(=O)NCC(C)C)c1. The van der Waals surface area contributed by atoms with Crippen LogP contribution in [0.4, 0.5) is 4.39 Å². The summed E-state index contributed by atoms with van der Waals surface area (Å²) in [6.45, 7) is 7.24. The number of halogens is 1. The highest BCUT2D eigenvalue weighted by atomic mass is 19.1. The fourth-order valence-electron chi connectivity index (χ4n) is 4.14. The molecule has 0 saturated carbocycles. The van der Waals surface area contributed by atoms with Crippen molar-refractivity contribution in [3.8, 4) is 17.1 Å². The van der Waals surface area contributed by atoms with Gasteiger partial charge in [-0.15, -0.1) is 0 Å². The third-order valence-corrected chi connectivity index (χ3v) is 5.89. The summed E-state index contributed by atoms with van der Waals surface area (Å²) < 4.78 is 25.2. The van der Waals surface area contributed by atoms with Crippen LogP contribution in [0.5, 0.6) is 5.75 Å². The number of carbonyl (C=O) groups is 2. The van der Waals surface area contributed by atoms with E-state index in [0.717, 1.165) is 17.5 Å². The topological polar surface area (TPSA) is 94.6 Å². The van der Waals surface area contributed by atoms with Crippen molar-refractivity contribution in [1.82, 2.24) is 5.32 Å². The van der Waals surface area contributed by atoms with E-state index in [-0.39, 0.29) is 17.3 Å². The summed E-state index contributed by atoms with van der Waals surface area (Å²) in [6.07, 6.45) is 1.35. The van der Waals surface area contributed by atoms with Crippen LogP contribution in [0, 0.1) is 11.7 Å². The molecule has 0 radical (unpaired) electrons. The van der Waals surface area contributed by atoms with Crippen LogP contribution in [0.3, 0.4) is 0 Å². The minimum atomic E-state index is -0.630. The van der Waals surface area contributed by atoms with E-state index in [9.17, 15) is 14.0 Å². The molecular weight excluding hydrogens is 471 g/mol. The van der Waals surface area contributed by atoms with Gasteiger partial charge >= 0.3 is 0 Å². The molecule has 0 bridgehead atoms. The Morgan fingerprint density at radius 2 is 1.78 bits per heavy atom. The van der Waals surface area contributed by atoms with Gasteiger partial charge in [0.25, 0.3) is 11.8 Å². The summed E-state index contributed by atoms with van der Waals surface area (Å²) in [6, 6.07) is 16.8. The van der Waals surface area contributed by atoms with E-state index in [1.54, 1.807) is 24.3 Å². The van der Waals surface area contributed by atoms with Gasteiger partial charge in [-0.05, 0) is 84.5 Å². The number of fused-ring (bicyclic) bond motifs is 1. The molecule has 0 aliphatic rings. The molecule has 0 saturated heterocycles. The molecule has 7 heteroatoms. The lowest BCUT2D eigenvalue weighted by Crippen LogP contribution is -2.27. The minimum absolute atomic E-state index is 0.151. The molecular formula is C30H31FN2O4. The number of nitrogens with two attached hydrogens (primary N) is 1. The molecule has 6 nitrogen and oxygen atoms in total. The Bertz CT molecular complexity index is 1420. The number of carbonyl (C=O) groups excluding carboxylic acids is 2. The predicted molar refractivity (Wildman–Crippen MR) is 142 cm³/mol. The van der Waals surface area contributed by atoms with Crippen molar-refractivity contribution < 1.29 is 23.1 Å². The maximum Gasteiger partial charge on any atom is 0.253 e. The highest BCUT2D eigenvalue weighted by Gasteiger charge is 2.21. The zero-order valence-corrected chi connectivity index (χ0v) is 21.3. The molecule has 37 heavy (non-hydrogen) atoms. The number of nitrogens with one attached hydrogen (secondary N) is 1. The lowest BCUT2D eigenvalue weighted by atomic mass is 9.99. The molecule has 192 valence electrons. The number of hydrogen-bond acceptors (Lipinski definition) is 4. The zero-order chi connectivity index (χ0) is 26.5. The van der Waals surface area contributed by atoms with E-state index in [1.165, 1.54) is 12.1 Å². The Labute approximate surface area is 215 Å². The standard InChI is InChI=1S/C30H31FN2O4/c1-4-11-36-24-14-20(13-22(16-24)30(35)33-17-18(2)3)12-19-5-10-26-25(15-19)27(29(32)34)28(37-26)21-6-8-23(31)9-7-21/h5-10,13-16,18H,4,11-12,17H2,1-3H3,(H2,32,34)(H,33,35). The molecule has 0 spiro atoms. The first-order valence-electron chi connectivity index (χ1n) is 12.4.